The lowest BCUT2D eigenvalue weighted by Gasteiger charge is -2.37. The van der Waals surface area contributed by atoms with Gasteiger partial charge in [0.05, 0.1) is 12.1 Å². The van der Waals surface area contributed by atoms with Crippen LogP contribution in [0.2, 0.25) is 5.02 Å². The molecule has 0 saturated carbocycles. The number of likely N-dealkylation sites (N-methyl/N-ethyl adjacent to an activating group) is 1. The van der Waals surface area contributed by atoms with Gasteiger partial charge in [0.1, 0.15) is 0 Å². The Morgan fingerprint density at radius 2 is 2.21 bits per heavy atom. The summed E-state index contributed by atoms with van der Waals surface area (Å²) in [7, 11) is 4.11. The largest absolute Gasteiger partial charge is 0.370 e. The smallest absolute Gasteiger partial charge is 0.192 e. The van der Waals surface area contributed by atoms with Gasteiger partial charge in [0.25, 0.3) is 0 Å². The SMILES string of the molecule is CN(C)CCN1C(N)=NCC1(C)c1cccc(Cl)c1. The molecule has 0 fully saturated rings. The number of nitrogens with two attached hydrogens (primary N) is 1. The van der Waals surface area contributed by atoms with Gasteiger partial charge in [-0.3, -0.25) is 4.99 Å². The van der Waals surface area contributed by atoms with Gasteiger partial charge in [0.2, 0.25) is 0 Å². The lowest BCUT2D eigenvalue weighted by Crippen LogP contribution is -2.49. The van der Waals surface area contributed by atoms with Crippen molar-refractivity contribution in [3.8, 4) is 0 Å². The van der Waals surface area contributed by atoms with Crippen molar-refractivity contribution in [1.82, 2.24) is 9.80 Å². The van der Waals surface area contributed by atoms with E-state index in [1.165, 1.54) is 0 Å². The third kappa shape index (κ3) is 2.85. The molecule has 5 heteroatoms. The van der Waals surface area contributed by atoms with Gasteiger partial charge in [0.15, 0.2) is 5.96 Å². The number of guanidine groups is 1. The number of aliphatic imine (C=N–C) groups is 1. The Balaban J connectivity index is 2.26. The van der Waals surface area contributed by atoms with Crippen LogP contribution in [0.15, 0.2) is 29.3 Å². The zero-order valence-corrected chi connectivity index (χ0v) is 12.5. The molecule has 1 aromatic rings. The molecule has 0 amide bonds. The van der Waals surface area contributed by atoms with Gasteiger partial charge in [-0.25, -0.2) is 0 Å². The zero-order chi connectivity index (χ0) is 14.0. The van der Waals surface area contributed by atoms with E-state index < -0.39 is 0 Å². The molecule has 1 heterocycles. The predicted molar refractivity (Wildman–Crippen MR) is 80.6 cm³/mol. The van der Waals surface area contributed by atoms with Gasteiger partial charge in [-0.1, -0.05) is 23.7 Å². The van der Waals surface area contributed by atoms with Crippen molar-refractivity contribution in [1.29, 1.82) is 0 Å². The van der Waals surface area contributed by atoms with Crippen LogP contribution in [0.5, 0.6) is 0 Å². The third-order valence-corrected chi connectivity index (χ3v) is 3.87. The summed E-state index contributed by atoms with van der Waals surface area (Å²) < 4.78 is 0. The van der Waals surface area contributed by atoms with Crippen LogP contribution < -0.4 is 5.73 Å². The Hall–Kier alpha value is -1.26. The van der Waals surface area contributed by atoms with Crippen molar-refractivity contribution in [3.63, 3.8) is 0 Å². The topological polar surface area (TPSA) is 44.9 Å². The van der Waals surface area contributed by atoms with Crippen LogP contribution in [0.25, 0.3) is 0 Å². The van der Waals surface area contributed by atoms with Crippen molar-refractivity contribution in [3.05, 3.63) is 34.9 Å². The fraction of sp³-hybridized carbons (Fsp3) is 0.500. The number of hydrogen-bond acceptors (Lipinski definition) is 4. The van der Waals surface area contributed by atoms with E-state index in [4.69, 9.17) is 17.3 Å². The van der Waals surface area contributed by atoms with Crippen LogP contribution in [0.4, 0.5) is 0 Å². The first kappa shape index (κ1) is 14.2. The average Bonchev–Trinajstić information content (AvgIpc) is 2.64. The van der Waals surface area contributed by atoms with Crippen molar-refractivity contribution in [2.45, 2.75) is 12.5 Å². The predicted octanol–water partition coefficient (Wildman–Crippen LogP) is 1.75. The van der Waals surface area contributed by atoms with Crippen molar-refractivity contribution < 1.29 is 0 Å². The molecule has 0 radical (unpaired) electrons. The highest BCUT2D eigenvalue weighted by Crippen LogP contribution is 2.33. The number of rotatable bonds is 4. The van der Waals surface area contributed by atoms with Crippen molar-refractivity contribution in [2.24, 2.45) is 10.7 Å². The van der Waals surface area contributed by atoms with Crippen LogP contribution in [0, 0.1) is 0 Å². The molecule has 0 saturated heterocycles. The highest BCUT2D eigenvalue weighted by atomic mass is 35.5. The Kier molecular flexibility index (Phi) is 4.02. The lowest BCUT2D eigenvalue weighted by molar-refractivity contribution is 0.205. The summed E-state index contributed by atoms with van der Waals surface area (Å²) in [5.41, 5.74) is 6.99. The van der Waals surface area contributed by atoms with Crippen LogP contribution >= 0.6 is 11.6 Å². The molecular weight excluding hydrogens is 260 g/mol. The average molecular weight is 281 g/mol. The normalized spacial score (nSPS) is 23.0. The second kappa shape index (κ2) is 5.39. The molecule has 1 unspecified atom stereocenters. The third-order valence-electron chi connectivity index (χ3n) is 3.64. The minimum Gasteiger partial charge on any atom is -0.370 e. The van der Waals surface area contributed by atoms with E-state index in [1.54, 1.807) is 0 Å². The molecule has 19 heavy (non-hydrogen) atoms. The van der Waals surface area contributed by atoms with E-state index in [-0.39, 0.29) is 5.54 Å². The minimum absolute atomic E-state index is 0.203. The molecule has 1 aromatic carbocycles. The van der Waals surface area contributed by atoms with E-state index in [0.717, 1.165) is 23.7 Å². The Morgan fingerprint density at radius 3 is 2.84 bits per heavy atom. The Bertz CT molecular complexity index is 486. The molecule has 2 N–H and O–H groups in total. The summed E-state index contributed by atoms with van der Waals surface area (Å²) in [5.74, 6) is 0.615. The van der Waals surface area contributed by atoms with Gasteiger partial charge in [-0.2, -0.15) is 0 Å². The highest BCUT2D eigenvalue weighted by Gasteiger charge is 2.39. The molecule has 0 aliphatic carbocycles. The summed E-state index contributed by atoms with van der Waals surface area (Å²) in [5, 5.41) is 0.747. The fourth-order valence-corrected chi connectivity index (χ4v) is 2.58. The molecule has 1 aliphatic heterocycles. The quantitative estimate of drug-likeness (QED) is 0.914. The second-order valence-corrected chi connectivity index (χ2v) is 5.85. The first-order valence-corrected chi connectivity index (χ1v) is 6.79. The van der Waals surface area contributed by atoms with E-state index >= 15 is 0 Å². The Labute approximate surface area is 119 Å². The minimum atomic E-state index is -0.203. The van der Waals surface area contributed by atoms with E-state index in [9.17, 15) is 0 Å². The summed E-state index contributed by atoms with van der Waals surface area (Å²) in [6.07, 6.45) is 0. The molecule has 0 aromatic heterocycles. The van der Waals surface area contributed by atoms with E-state index in [1.807, 2.05) is 18.2 Å². The number of nitrogens with zero attached hydrogens (tertiary/aromatic N) is 3. The number of halogens is 1. The number of benzene rings is 1. The van der Waals surface area contributed by atoms with Crippen molar-refractivity contribution in [2.75, 3.05) is 33.7 Å². The molecule has 2 rings (SSSR count). The summed E-state index contributed by atoms with van der Waals surface area (Å²) >= 11 is 6.10. The maximum absolute atomic E-state index is 6.10. The van der Waals surface area contributed by atoms with Crippen LogP contribution in [0.1, 0.15) is 12.5 Å². The van der Waals surface area contributed by atoms with Crippen molar-refractivity contribution >= 4 is 17.6 Å². The maximum atomic E-state index is 6.10. The highest BCUT2D eigenvalue weighted by molar-refractivity contribution is 6.30. The lowest BCUT2D eigenvalue weighted by atomic mass is 9.91. The first-order chi connectivity index (χ1) is 8.93. The zero-order valence-electron chi connectivity index (χ0n) is 11.7. The van der Waals surface area contributed by atoms with Crippen LogP contribution in [-0.4, -0.2) is 49.5 Å². The van der Waals surface area contributed by atoms with Gasteiger partial charge in [-0.05, 0) is 38.7 Å². The first-order valence-electron chi connectivity index (χ1n) is 6.42. The molecule has 1 aliphatic rings. The summed E-state index contributed by atoms with van der Waals surface area (Å²) in [6, 6.07) is 7.94. The molecular formula is C14H21ClN4. The number of hydrogen-bond donors (Lipinski definition) is 1. The monoisotopic (exact) mass is 280 g/mol. The Morgan fingerprint density at radius 1 is 1.47 bits per heavy atom. The van der Waals surface area contributed by atoms with Gasteiger partial charge >= 0.3 is 0 Å². The van der Waals surface area contributed by atoms with Gasteiger partial charge in [0, 0.05) is 18.1 Å². The fourth-order valence-electron chi connectivity index (χ4n) is 2.39. The second-order valence-electron chi connectivity index (χ2n) is 5.41. The molecule has 4 nitrogen and oxygen atoms in total. The molecule has 1 atom stereocenters. The van der Waals surface area contributed by atoms with Crippen LogP contribution in [0.3, 0.4) is 0 Å². The summed E-state index contributed by atoms with van der Waals surface area (Å²) in [4.78, 5) is 8.72. The summed E-state index contributed by atoms with van der Waals surface area (Å²) in [6.45, 7) is 4.63. The van der Waals surface area contributed by atoms with E-state index in [0.29, 0.717) is 12.5 Å². The van der Waals surface area contributed by atoms with Gasteiger partial charge < -0.3 is 15.5 Å². The van der Waals surface area contributed by atoms with E-state index in [2.05, 4.69) is 41.9 Å². The van der Waals surface area contributed by atoms with Crippen LogP contribution in [-0.2, 0) is 5.54 Å². The molecule has 0 spiro atoms. The molecule has 104 valence electrons. The van der Waals surface area contributed by atoms with Gasteiger partial charge in [-0.15, -0.1) is 0 Å². The molecule has 0 bridgehead atoms. The standard InChI is InChI=1S/C14H21ClN4/c1-14(11-5-4-6-12(15)9-11)10-17-13(16)19(14)8-7-18(2)3/h4-6,9H,7-8,10H2,1-3H3,(H2,16,17). The maximum Gasteiger partial charge on any atom is 0.192 e.